The van der Waals surface area contributed by atoms with Gasteiger partial charge in [-0.25, -0.2) is 13.1 Å². The van der Waals surface area contributed by atoms with Gasteiger partial charge in [-0.1, -0.05) is 0 Å². The van der Waals surface area contributed by atoms with Crippen LogP contribution in [-0.2, 0) is 14.8 Å². The first-order chi connectivity index (χ1) is 11.7. The molecule has 0 saturated carbocycles. The van der Waals surface area contributed by atoms with Crippen LogP contribution >= 0.6 is 0 Å². The molecule has 1 amide bonds. The van der Waals surface area contributed by atoms with E-state index in [1.807, 2.05) is 13.8 Å². The van der Waals surface area contributed by atoms with Crippen molar-refractivity contribution in [2.45, 2.75) is 50.8 Å². The van der Waals surface area contributed by atoms with E-state index < -0.39 is 10.0 Å². The van der Waals surface area contributed by atoms with E-state index in [4.69, 9.17) is 9.47 Å². The molecule has 0 radical (unpaired) electrons. The van der Waals surface area contributed by atoms with E-state index in [1.165, 1.54) is 19.2 Å². The summed E-state index contributed by atoms with van der Waals surface area (Å²) >= 11 is 0. The lowest BCUT2D eigenvalue weighted by Gasteiger charge is -2.37. The summed E-state index contributed by atoms with van der Waals surface area (Å²) in [6, 6.07) is 4.13. The molecule has 0 bridgehead atoms. The van der Waals surface area contributed by atoms with Crippen molar-refractivity contribution < 1.29 is 22.7 Å². The van der Waals surface area contributed by atoms with Crippen LogP contribution in [0.3, 0.4) is 0 Å². The second-order valence-electron chi connectivity index (χ2n) is 6.59. The Kier molecular flexibility index (Phi) is 6.08. The lowest BCUT2D eigenvalue weighted by atomic mass is 10.1. The maximum atomic E-state index is 12.9. The Labute approximate surface area is 149 Å². The van der Waals surface area contributed by atoms with Crippen LogP contribution in [0.2, 0.25) is 0 Å². The van der Waals surface area contributed by atoms with Gasteiger partial charge < -0.3 is 14.4 Å². The number of ether oxygens (including phenoxy) is 2. The van der Waals surface area contributed by atoms with Crippen molar-refractivity contribution in [2.24, 2.45) is 0 Å². The van der Waals surface area contributed by atoms with Gasteiger partial charge in [-0.15, -0.1) is 0 Å². The molecule has 1 fully saturated rings. The van der Waals surface area contributed by atoms with E-state index >= 15 is 0 Å². The monoisotopic (exact) mass is 370 g/mol. The number of benzene rings is 1. The van der Waals surface area contributed by atoms with Crippen molar-refractivity contribution in [2.75, 3.05) is 20.3 Å². The molecule has 1 aliphatic heterocycles. The maximum absolute atomic E-state index is 12.9. The number of nitrogens with zero attached hydrogens (tertiary/aromatic N) is 1. The van der Waals surface area contributed by atoms with Gasteiger partial charge >= 0.3 is 0 Å². The van der Waals surface area contributed by atoms with Gasteiger partial charge in [-0.05, 0) is 45.9 Å². The third-order valence-corrected chi connectivity index (χ3v) is 5.64. The van der Waals surface area contributed by atoms with Crippen LogP contribution in [0.1, 0.15) is 38.1 Å². The predicted octanol–water partition coefficient (Wildman–Crippen LogP) is 1.63. The number of methoxy groups -OCH3 is 1. The molecule has 8 heteroatoms. The number of hydrogen-bond donors (Lipinski definition) is 1. The van der Waals surface area contributed by atoms with E-state index in [2.05, 4.69) is 4.72 Å². The number of carbonyl (C=O) groups is 1. The quantitative estimate of drug-likeness (QED) is 0.852. The van der Waals surface area contributed by atoms with Crippen molar-refractivity contribution in [1.29, 1.82) is 0 Å². The van der Waals surface area contributed by atoms with Gasteiger partial charge in [0, 0.05) is 18.2 Å². The molecule has 1 heterocycles. The zero-order valence-corrected chi connectivity index (χ0v) is 16.1. The number of rotatable bonds is 5. The summed E-state index contributed by atoms with van der Waals surface area (Å²) in [4.78, 5) is 14.5. The van der Waals surface area contributed by atoms with Crippen LogP contribution < -0.4 is 9.46 Å². The van der Waals surface area contributed by atoms with E-state index in [0.29, 0.717) is 18.7 Å². The molecule has 25 heavy (non-hydrogen) atoms. The summed E-state index contributed by atoms with van der Waals surface area (Å²) in [5.41, 5.74) is 0.311. The molecule has 1 aliphatic rings. The molecule has 0 aromatic heterocycles. The van der Waals surface area contributed by atoms with Crippen LogP contribution in [0.4, 0.5) is 0 Å². The molecule has 0 spiro atoms. The first kappa shape index (κ1) is 19.7. The fourth-order valence-electron chi connectivity index (χ4n) is 2.75. The van der Waals surface area contributed by atoms with Crippen LogP contribution in [0, 0.1) is 0 Å². The topological polar surface area (TPSA) is 84.9 Å². The Hall–Kier alpha value is -1.64. The highest BCUT2D eigenvalue weighted by Gasteiger charge is 2.30. The standard InChI is InChI=1S/C17H26N2O5S/c1-11(2)18-25(21,22)16-8-14(6-7-15(16)23-5)17(20)19-9-13(4)24-10-12(19)3/h6-8,11-13,18H,9-10H2,1-5H3. The zero-order chi connectivity index (χ0) is 18.8. The lowest BCUT2D eigenvalue weighted by molar-refractivity contribution is -0.0387. The van der Waals surface area contributed by atoms with Gasteiger partial charge in [0.1, 0.15) is 10.6 Å². The highest BCUT2D eigenvalue weighted by molar-refractivity contribution is 7.89. The summed E-state index contributed by atoms with van der Waals surface area (Å²) in [7, 11) is -2.38. The van der Waals surface area contributed by atoms with E-state index in [1.54, 1.807) is 24.8 Å². The Morgan fingerprint density at radius 1 is 1.36 bits per heavy atom. The maximum Gasteiger partial charge on any atom is 0.254 e. The van der Waals surface area contributed by atoms with Gasteiger partial charge in [-0.2, -0.15) is 0 Å². The number of amides is 1. The Morgan fingerprint density at radius 3 is 2.64 bits per heavy atom. The molecule has 1 saturated heterocycles. The van der Waals surface area contributed by atoms with Gasteiger partial charge in [0.25, 0.3) is 5.91 Å². The van der Waals surface area contributed by atoms with Crippen LogP contribution in [-0.4, -0.2) is 57.7 Å². The van der Waals surface area contributed by atoms with E-state index in [0.717, 1.165) is 0 Å². The molecule has 140 valence electrons. The first-order valence-corrected chi connectivity index (χ1v) is 9.77. The molecule has 0 aliphatic carbocycles. The average molecular weight is 370 g/mol. The highest BCUT2D eigenvalue weighted by Crippen LogP contribution is 2.26. The summed E-state index contributed by atoms with van der Waals surface area (Å²) in [6.45, 7) is 8.21. The fourth-order valence-corrected chi connectivity index (χ4v) is 4.19. The first-order valence-electron chi connectivity index (χ1n) is 8.28. The third kappa shape index (κ3) is 4.50. The Morgan fingerprint density at radius 2 is 2.04 bits per heavy atom. The van der Waals surface area contributed by atoms with Gasteiger partial charge in [-0.3, -0.25) is 4.79 Å². The molecule has 2 atom stereocenters. The number of hydrogen-bond acceptors (Lipinski definition) is 5. The Balaban J connectivity index is 2.40. The van der Waals surface area contributed by atoms with Crippen LogP contribution in [0.25, 0.3) is 0 Å². The minimum atomic E-state index is -3.78. The van der Waals surface area contributed by atoms with Crippen LogP contribution in [0.15, 0.2) is 23.1 Å². The average Bonchev–Trinajstić information content (AvgIpc) is 2.54. The van der Waals surface area contributed by atoms with E-state index in [9.17, 15) is 13.2 Å². The molecule has 2 rings (SSSR count). The summed E-state index contributed by atoms with van der Waals surface area (Å²) in [6.07, 6.45) is -0.0517. The smallest absolute Gasteiger partial charge is 0.254 e. The number of carbonyl (C=O) groups excluding carboxylic acids is 1. The van der Waals surface area contributed by atoms with Crippen molar-refractivity contribution in [3.05, 3.63) is 23.8 Å². The summed E-state index contributed by atoms with van der Waals surface area (Å²) in [5, 5.41) is 0. The molecule has 2 unspecified atom stereocenters. The highest BCUT2D eigenvalue weighted by atomic mass is 32.2. The van der Waals surface area contributed by atoms with E-state index in [-0.39, 0.29) is 34.7 Å². The predicted molar refractivity (Wildman–Crippen MR) is 94.4 cm³/mol. The Bertz CT molecular complexity index is 733. The normalized spacial score (nSPS) is 21.4. The molecule has 1 aromatic rings. The second-order valence-corrected chi connectivity index (χ2v) is 8.27. The largest absolute Gasteiger partial charge is 0.495 e. The lowest BCUT2D eigenvalue weighted by Crippen LogP contribution is -2.50. The number of nitrogens with one attached hydrogen (secondary N) is 1. The molecular weight excluding hydrogens is 344 g/mol. The van der Waals surface area contributed by atoms with Gasteiger partial charge in [0.15, 0.2) is 0 Å². The summed E-state index contributed by atoms with van der Waals surface area (Å²) in [5.74, 6) is -0.0144. The second kappa shape index (κ2) is 7.72. The fraction of sp³-hybridized carbons (Fsp3) is 0.588. The molecule has 7 nitrogen and oxygen atoms in total. The van der Waals surface area contributed by atoms with Gasteiger partial charge in [0.2, 0.25) is 10.0 Å². The van der Waals surface area contributed by atoms with Crippen LogP contribution in [0.5, 0.6) is 5.75 Å². The molecule has 1 aromatic carbocycles. The zero-order valence-electron chi connectivity index (χ0n) is 15.3. The number of morpholine rings is 1. The van der Waals surface area contributed by atoms with Crippen molar-refractivity contribution in [3.8, 4) is 5.75 Å². The SMILES string of the molecule is COc1ccc(C(=O)N2CC(C)OCC2C)cc1S(=O)(=O)NC(C)C. The van der Waals surface area contributed by atoms with Crippen molar-refractivity contribution >= 4 is 15.9 Å². The molecule has 1 N–H and O–H groups in total. The van der Waals surface area contributed by atoms with Crippen molar-refractivity contribution in [1.82, 2.24) is 9.62 Å². The third-order valence-electron chi connectivity index (χ3n) is 3.96. The van der Waals surface area contributed by atoms with Gasteiger partial charge in [0.05, 0.1) is 25.9 Å². The van der Waals surface area contributed by atoms with Crippen molar-refractivity contribution in [3.63, 3.8) is 0 Å². The molecular formula is C17H26N2O5S. The minimum Gasteiger partial charge on any atom is -0.495 e. The summed E-state index contributed by atoms with van der Waals surface area (Å²) < 4.78 is 38.3. The number of sulfonamides is 1. The minimum absolute atomic E-state index is 0.0384.